The zero-order valence-corrected chi connectivity index (χ0v) is 10.1. The van der Waals surface area contributed by atoms with Crippen molar-refractivity contribution < 1.29 is 4.39 Å². The summed E-state index contributed by atoms with van der Waals surface area (Å²) in [5, 5.41) is 0. The molecule has 0 saturated heterocycles. The zero-order valence-electron chi connectivity index (χ0n) is 10.1. The number of halogens is 1. The minimum absolute atomic E-state index is 0.185. The molecule has 3 N–H and O–H groups in total. The van der Waals surface area contributed by atoms with Crippen LogP contribution < -0.4 is 11.3 Å². The summed E-state index contributed by atoms with van der Waals surface area (Å²) in [4.78, 5) is 8.33. The highest BCUT2D eigenvalue weighted by atomic mass is 19.1. The monoisotopic (exact) mass is 246 g/mol. The summed E-state index contributed by atoms with van der Waals surface area (Å²) in [5.74, 6) is 5.93. The number of nitrogens with zero attached hydrogens (tertiary/aromatic N) is 2. The number of nitrogens with two attached hydrogens (primary N) is 1. The van der Waals surface area contributed by atoms with E-state index in [0.29, 0.717) is 12.2 Å². The quantitative estimate of drug-likeness (QED) is 0.636. The molecule has 4 nitrogen and oxygen atoms in total. The van der Waals surface area contributed by atoms with Crippen molar-refractivity contribution in [2.75, 3.05) is 0 Å². The van der Waals surface area contributed by atoms with Gasteiger partial charge in [0.25, 0.3) is 0 Å². The standard InChI is InChI=1S/C13H15FN4/c1-9-7-11(14)4-3-10(9)8-12(18-15)13-16-5-2-6-17-13/h2-7,12,18H,8,15H2,1H3. The Labute approximate surface area is 105 Å². The summed E-state index contributed by atoms with van der Waals surface area (Å²) in [7, 11) is 0. The van der Waals surface area contributed by atoms with Crippen LogP contribution >= 0.6 is 0 Å². The minimum atomic E-state index is -0.232. The molecule has 94 valence electrons. The van der Waals surface area contributed by atoms with E-state index in [1.54, 1.807) is 24.5 Å². The number of benzene rings is 1. The summed E-state index contributed by atoms with van der Waals surface area (Å²) in [6.45, 7) is 1.87. The van der Waals surface area contributed by atoms with Crippen LogP contribution in [0.5, 0.6) is 0 Å². The maximum Gasteiger partial charge on any atom is 0.146 e. The lowest BCUT2D eigenvalue weighted by Gasteiger charge is -2.15. The first kappa shape index (κ1) is 12.6. The van der Waals surface area contributed by atoms with E-state index in [2.05, 4.69) is 15.4 Å². The van der Waals surface area contributed by atoms with Crippen LogP contribution in [0.15, 0.2) is 36.7 Å². The van der Waals surface area contributed by atoms with E-state index in [4.69, 9.17) is 5.84 Å². The van der Waals surface area contributed by atoms with Gasteiger partial charge in [0, 0.05) is 12.4 Å². The van der Waals surface area contributed by atoms with Gasteiger partial charge < -0.3 is 0 Å². The molecule has 0 radical (unpaired) electrons. The summed E-state index contributed by atoms with van der Waals surface area (Å²) >= 11 is 0. The third-order valence-corrected chi connectivity index (χ3v) is 2.83. The Morgan fingerprint density at radius 1 is 1.33 bits per heavy atom. The van der Waals surface area contributed by atoms with Crippen molar-refractivity contribution in [3.63, 3.8) is 0 Å². The van der Waals surface area contributed by atoms with E-state index in [9.17, 15) is 4.39 Å². The van der Waals surface area contributed by atoms with Crippen LogP contribution in [0.2, 0.25) is 0 Å². The molecule has 0 fully saturated rings. The van der Waals surface area contributed by atoms with Gasteiger partial charge in [0.05, 0.1) is 6.04 Å². The lowest BCUT2D eigenvalue weighted by Crippen LogP contribution is -2.31. The first-order chi connectivity index (χ1) is 8.70. The minimum Gasteiger partial charge on any atom is -0.271 e. The lowest BCUT2D eigenvalue weighted by atomic mass is 10.0. The predicted molar refractivity (Wildman–Crippen MR) is 66.9 cm³/mol. The fraction of sp³-hybridized carbons (Fsp3) is 0.231. The van der Waals surface area contributed by atoms with Crippen molar-refractivity contribution >= 4 is 0 Å². The van der Waals surface area contributed by atoms with E-state index < -0.39 is 0 Å². The van der Waals surface area contributed by atoms with Gasteiger partial charge in [-0.3, -0.25) is 5.84 Å². The number of hydrazine groups is 1. The Hall–Kier alpha value is -1.85. The van der Waals surface area contributed by atoms with Crippen LogP contribution in [-0.4, -0.2) is 9.97 Å². The van der Waals surface area contributed by atoms with Gasteiger partial charge in [0.1, 0.15) is 11.6 Å². The molecule has 18 heavy (non-hydrogen) atoms. The number of rotatable bonds is 4. The Morgan fingerprint density at radius 3 is 2.67 bits per heavy atom. The van der Waals surface area contributed by atoms with E-state index in [0.717, 1.165) is 11.1 Å². The SMILES string of the molecule is Cc1cc(F)ccc1CC(NN)c1ncccn1. The average Bonchev–Trinajstić information content (AvgIpc) is 2.39. The van der Waals surface area contributed by atoms with Crippen molar-refractivity contribution in [1.82, 2.24) is 15.4 Å². The molecule has 0 spiro atoms. The van der Waals surface area contributed by atoms with Gasteiger partial charge in [-0.2, -0.15) is 0 Å². The Bertz CT molecular complexity index is 516. The lowest BCUT2D eigenvalue weighted by molar-refractivity contribution is 0.521. The molecule has 0 bridgehead atoms. The average molecular weight is 246 g/mol. The van der Waals surface area contributed by atoms with Crippen molar-refractivity contribution in [3.05, 3.63) is 59.4 Å². The van der Waals surface area contributed by atoms with Crippen molar-refractivity contribution in [2.24, 2.45) is 5.84 Å². The maximum absolute atomic E-state index is 13.0. The van der Waals surface area contributed by atoms with Crippen LogP contribution in [0, 0.1) is 12.7 Å². The summed E-state index contributed by atoms with van der Waals surface area (Å²) in [5.41, 5.74) is 4.60. The van der Waals surface area contributed by atoms with Crippen LogP contribution in [0.4, 0.5) is 4.39 Å². The number of hydrogen-bond acceptors (Lipinski definition) is 4. The van der Waals surface area contributed by atoms with E-state index in [1.807, 2.05) is 6.92 Å². The topological polar surface area (TPSA) is 63.8 Å². The largest absolute Gasteiger partial charge is 0.271 e. The molecule has 0 amide bonds. The number of hydrogen-bond donors (Lipinski definition) is 2. The molecule has 5 heteroatoms. The Kier molecular flexibility index (Phi) is 3.96. The summed E-state index contributed by atoms with van der Waals surface area (Å²) < 4.78 is 13.0. The fourth-order valence-electron chi connectivity index (χ4n) is 1.82. The van der Waals surface area contributed by atoms with Crippen LogP contribution in [0.25, 0.3) is 0 Å². The van der Waals surface area contributed by atoms with Crippen molar-refractivity contribution in [3.8, 4) is 0 Å². The molecule has 0 aliphatic rings. The van der Waals surface area contributed by atoms with Gasteiger partial charge >= 0.3 is 0 Å². The number of nitrogens with one attached hydrogen (secondary N) is 1. The normalized spacial score (nSPS) is 12.4. The molecular weight excluding hydrogens is 231 g/mol. The molecule has 0 aliphatic carbocycles. The molecule has 2 rings (SSSR count). The highest BCUT2D eigenvalue weighted by Crippen LogP contribution is 2.17. The fourth-order valence-corrected chi connectivity index (χ4v) is 1.82. The van der Waals surface area contributed by atoms with Gasteiger partial charge in [-0.15, -0.1) is 0 Å². The second-order valence-electron chi connectivity index (χ2n) is 4.10. The van der Waals surface area contributed by atoms with Gasteiger partial charge in [-0.25, -0.2) is 19.8 Å². The summed E-state index contributed by atoms with van der Waals surface area (Å²) in [6, 6.07) is 6.28. The molecule has 0 aliphatic heterocycles. The molecular formula is C13H15FN4. The van der Waals surface area contributed by atoms with Crippen molar-refractivity contribution in [2.45, 2.75) is 19.4 Å². The summed E-state index contributed by atoms with van der Waals surface area (Å²) in [6.07, 6.45) is 3.96. The first-order valence-corrected chi connectivity index (χ1v) is 5.69. The van der Waals surface area contributed by atoms with E-state index in [-0.39, 0.29) is 11.9 Å². The van der Waals surface area contributed by atoms with Gasteiger partial charge in [-0.05, 0) is 42.7 Å². The third-order valence-electron chi connectivity index (χ3n) is 2.83. The van der Waals surface area contributed by atoms with Crippen molar-refractivity contribution in [1.29, 1.82) is 0 Å². The number of aromatic nitrogens is 2. The molecule has 1 heterocycles. The molecule has 2 aromatic rings. The molecule has 1 unspecified atom stereocenters. The second kappa shape index (κ2) is 5.66. The Morgan fingerprint density at radius 2 is 2.06 bits per heavy atom. The maximum atomic E-state index is 13.0. The van der Waals surface area contributed by atoms with Gasteiger partial charge in [-0.1, -0.05) is 6.07 Å². The van der Waals surface area contributed by atoms with Crippen LogP contribution in [0.1, 0.15) is 23.0 Å². The smallest absolute Gasteiger partial charge is 0.146 e. The van der Waals surface area contributed by atoms with E-state index in [1.165, 1.54) is 12.1 Å². The first-order valence-electron chi connectivity index (χ1n) is 5.69. The number of aryl methyl sites for hydroxylation is 1. The van der Waals surface area contributed by atoms with Gasteiger partial charge in [0.2, 0.25) is 0 Å². The third kappa shape index (κ3) is 2.88. The van der Waals surface area contributed by atoms with Gasteiger partial charge in [0.15, 0.2) is 0 Å². The molecule has 1 aromatic carbocycles. The van der Waals surface area contributed by atoms with E-state index >= 15 is 0 Å². The zero-order chi connectivity index (χ0) is 13.0. The molecule has 1 atom stereocenters. The highest BCUT2D eigenvalue weighted by Gasteiger charge is 2.14. The second-order valence-corrected chi connectivity index (χ2v) is 4.10. The Balaban J connectivity index is 2.21. The highest BCUT2D eigenvalue weighted by molar-refractivity contribution is 5.27. The predicted octanol–water partition coefficient (Wildman–Crippen LogP) is 1.67. The molecule has 1 aromatic heterocycles. The molecule has 0 saturated carbocycles. The van der Waals surface area contributed by atoms with Crippen LogP contribution in [-0.2, 0) is 6.42 Å². The van der Waals surface area contributed by atoms with Crippen LogP contribution in [0.3, 0.4) is 0 Å².